The van der Waals surface area contributed by atoms with E-state index in [0.29, 0.717) is 11.4 Å². The maximum atomic E-state index is 13.0. The Bertz CT molecular complexity index is 983. The maximum Gasteiger partial charge on any atom is 0.241 e. The molecule has 0 saturated carbocycles. The number of nitrogens with zero attached hydrogens (tertiary/aromatic N) is 1. The second-order valence-electron chi connectivity index (χ2n) is 8.71. The van der Waals surface area contributed by atoms with Crippen molar-refractivity contribution < 1.29 is 8.42 Å². The molecule has 0 bridgehead atoms. The number of unbranched alkanes of at least 4 members (excludes halogenated alkanes) is 2. The molecular weight excluding hydrogens is 392 g/mol. The molecule has 1 N–H and O–H groups in total. The summed E-state index contributed by atoms with van der Waals surface area (Å²) < 4.78 is 28.8. The van der Waals surface area contributed by atoms with Crippen molar-refractivity contribution in [3.05, 3.63) is 63.2 Å². The molecule has 0 atom stereocenters. The van der Waals surface area contributed by atoms with Crippen LogP contribution < -0.4 is 4.72 Å². The summed E-state index contributed by atoms with van der Waals surface area (Å²) in [6.07, 6.45) is 4.13. The van der Waals surface area contributed by atoms with Crippen molar-refractivity contribution in [3.8, 4) is 0 Å². The van der Waals surface area contributed by atoms with Gasteiger partial charge in [0.2, 0.25) is 10.0 Å². The summed E-state index contributed by atoms with van der Waals surface area (Å²) in [6, 6.07) is 8.71. The fraction of sp³-hybridized carbons (Fsp3) is 0.520. The van der Waals surface area contributed by atoms with Crippen LogP contribution in [0.3, 0.4) is 0 Å². The lowest BCUT2D eigenvalue weighted by Crippen LogP contribution is -2.31. The lowest BCUT2D eigenvalue weighted by molar-refractivity contribution is 0.248. The molecule has 3 rings (SSSR count). The van der Waals surface area contributed by atoms with Crippen LogP contribution in [0.15, 0.2) is 29.2 Å². The normalized spacial score (nSPS) is 14.7. The first-order chi connectivity index (χ1) is 14.2. The highest BCUT2D eigenvalue weighted by Gasteiger charge is 2.23. The lowest BCUT2D eigenvalue weighted by Gasteiger charge is -2.28. The minimum atomic E-state index is -3.48. The third-order valence-electron chi connectivity index (χ3n) is 6.85. The van der Waals surface area contributed by atoms with E-state index in [-0.39, 0.29) is 0 Å². The zero-order valence-corrected chi connectivity index (χ0v) is 20.0. The summed E-state index contributed by atoms with van der Waals surface area (Å²) >= 11 is 0. The minimum Gasteiger partial charge on any atom is -0.299 e. The molecule has 1 heterocycles. The van der Waals surface area contributed by atoms with E-state index in [1.807, 2.05) is 27.7 Å². The van der Waals surface area contributed by atoms with E-state index in [1.54, 1.807) is 0 Å². The van der Waals surface area contributed by atoms with Gasteiger partial charge in [0.15, 0.2) is 0 Å². The van der Waals surface area contributed by atoms with E-state index in [2.05, 4.69) is 40.8 Å². The summed E-state index contributed by atoms with van der Waals surface area (Å²) in [5, 5.41) is 0. The highest BCUT2D eigenvalue weighted by molar-refractivity contribution is 7.89. The van der Waals surface area contributed by atoms with Gasteiger partial charge in [0, 0.05) is 19.6 Å². The van der Waals surface area contributed by atoms with Gasteiger partial charge in [-0.05, 0) is 99.4 Å². The predicted octanol–water partition coefficient (Wildman–Crippen LogP) is 4.74. The molecule has 1 aliphatic heterocycles. The first-order valence-electron chi connectivity index (χ1n) is 11.1. The first-order valence-corrected chi connectivity index (χ1v) is 12.6. The van der Waals surface area contributed by atoms with Crippen LogP contribution in [0.4, 0.5) is 0 Å². The Morgan fingerprint density at radius 3 is 2.10 bits per heavy atom. The van der Waals surface area contributed by atoms with Gasteiger partial charge in [-0.25, -0.2) is 13.1 Å². The highest BCUT2D eigenvalue weighted by atomic mass is 32.2. The number of sulfonamides is 1. The highest BCUT2D eigenvalue weighted by Crippen LogP contribution is 2.29. The number of rotatable bonds is 8. The quantitative estimate of drug-likeness (QED) is 0.618. The molecule has 0 saturated heterocycles. The van der Waals surface area contributed by atoms with Crippen LogP contribution in [0.1, 0.15) is 58.2 Å². The van der Waals surface area contributed by atoms with Gasteiger partial charge in [0.25, 0.3) is 0 Å². The molecule has 0 aromatic heterocycles. The van der Waals surface area contributed by atoms with Crippen molar-refractivity contribution >= 4 is 10.0 Å². The molecule has 4 nitrogen and oxygen atoms in total. The van der Waals surface area contributed by atoms with Crippen LogP contribution in [-0.2, 0) is 23.0 Å². The summed E-state index contributed by atoms with van der Waals surface area (Å²) in [6.45, 7) is 13.6. The average molecular weight is 429 g/mol. The molecule has 0 spiro atoms. The van der Waals surface area contributed by atoms with E-state index in [1.165, 1.54) is 16.7 Å². The maximum absolute atomic E-state index is 13.0. The number of hydrogen-bond donors (Lipinski definition) is 1. The van der Waals surface area contributed by atoms with Crippen LogP contribution >= 0.6 is 0 Å². The summed E-state index contributed by atoms with van der Waals surface area (Å²) in [4.78, 5) is 2.98. The van der Waals surface area contributed by atoms with Crippen molar-refractivity contribution in [2.24, 2.45) is 0 Å². The van der Waals surface area contributed by atoms with Gasteiger partial charge in [-0.15, -0.1) is 0 Å². The molecule has 2 aromatic carbocycles. The Balaban J connectivity index is 1.47. The zero-order valence-electron chi connectivity index (χ0n) is 19.1. The first kappa shape index (κ1) is 23.0. The van der Waals surface area contributed by atoms with E-state index < -0.39 is 10.0 Å². The van der Waals surface area contributed by atoms with Gasteiger partial charge in [0.05, 0.1) is 4.90 Å². The van der Waals surface area contributed by atoms with Crippen LogP contribution in [-0.4, -0.2) is 33.0 Å². The van der Waals surface area contributed by atoms with E-state index in [4.69, 9.17) is 0 Å². The Hall–Kier alpha value is -1.69. The van der Waals surface area contributed by atoms with Crippen molar-refractivity contribution in [1.29, 1.82) is 0 Å². The van der Waals surface area contributed by atoms with Crippen LogP contribution in [0.5, 0.6) is 0 Å². The fourth-order valence-corrected chi connectivity index (χ4v) is 6.20. The van der Waals surface area contributed by atoms with Gasteiger partial charge in [-0.2, -0.15) is 0 Å². The topological polar surface area (TPSA) is 49.4 Å². The van der Waals surface area contributed by atoms with Gasteiger partial charge in [-0.1, -0.05) is 30.7 Å². The Morgan fingerprint density at radius 1 is 0.833 bits per heavy atom. The molecule has 2 aromatic rings. The van der Waals surface area contributed by atoms with Gasteiger partial charge >= 0.3 is 0 Å². The molecule has 5 heteroatoms. The van der Waals surface area contributed by atoms with Crippen molar-refractivity contribution in [3.63, 3.8) is 0 Å². The number of fused-ring (bicyclic) bond motifs is 1. The average Bonchev–Trinajstić information content (AvgIpc) is 2.73. The zero-order chi connectivity index (χ0) is 21.9. The molecule has 0 aliphatic carbocycles. The Labute approximate surface area is 182 Å². The Kier molecular flexibility index (Phi) is 7.38. The summed E-state index contributed by atoms with van der Waals surface area (Å²) in [5.74, 6) is 0. The van der Waals surface area contributed by atoms with Crippen molar-refractivity contribution in [2.75, 3.05) is 19.6 Å². The monoisotopic (exact) mass is 428 g/mol. The van der Waals surface area contributed by atoms with Crippen LogP contribution in [0.2, 0.25) is 0 Å². The van der Waals surface area contributed by atoms with Crippen molar-refractivity contribution in [2.45, 2.75) is 71.7 Å². The summed E-state index contributed by atoms with van der Waals surface area (Å²) in [7, 11) is -3.48. The van der Waals surface area contributed by atoms with E-state index >= 15 is 0 Å². The molecule has 0 unspecified atom stereocenters. The third-order valence-corrected chi connectivity index (χ3v) is 8.59. The Morgan fingerprint density at radius 2 is 1.43 bits per heavy atom. The molecule has 0 radical (unpaired) electrons. The molecule has 30 heavy (non-hydrogen) atoms. The molecule has 1 aliphatic rings. The van der Waals surface area contributed by atoms with Crippen LogP contribution in [0, 0.1) is 34.6 Å². The molecule has 164 valence electrons. The largest absolute Gasteiger partial charge is 0.299 e. The van der Waals surface area contributed by atoms with Gasteiger partial charge < -0.3 is 0 Å². The molecular formula is C25H36N2O2S. The predicted molar refractivity (Wildman–Crippen MR) is 125 cm³/mol. The van der Waals surface area contributed by atoms with Crippen molar-refractivity contribution in [1.82, 2.24) is 9.62 Å². The lowest BCUT2D eigenvalue weighted by atomic mass is 9.95. The molecule has 0 amide bonds. The SMILES string of the molecule is Cc1c(C)c(C)c(S(=O)(=O)NCCCCCN2CCc3ccccc3C2)c(C)c1C. The minimum absolute atomic E-state index is 0.468. The second-order valence-corrected chi connectivity index (χ2v) is 10.4. The van der Waals surface area contributed by atoms with E-state index in [9.17, 15) is 8.42 Å². The smallest absolute Gasteiger partial charge is 0.241 e. The summed E-state index contributed by atoms with van der Waals surface area (Å²) in [5.41, 5.74) is 8.00. The molecule has 0 fully saturated rings. The van der Waals surface area contributed by atoms with E-state index in [0.717, 1.165) is 67.6 Å². The van der Waals surface area contributed by atoms with Gasteiger partial charge in [-0.3, -0.25) is 4.90 Å². The standard InChI is InChI=1S/C25H36N2O2S/c1-18-19(2)21(4)25(22(5)20(18)3)30(28,29)26-14-9-6-10-15-27-16-13-23-11-7-8-12-24(23)17-27/h7-8,11-12,26H,6,9-10,13-17H2,1-5H3. The number of nitrogens with one attached hydrogen (secondary N) is 1. The fourth-order valence-electron chi connectivity index (χ4n) is 4.53. The number of hydrogen-bond acceptors (Lipinski definition) is 3. The van der Waals surface area contributed by atoms with Crippen LogP contribution in [0.25, 0.3) is 0 Å². The number of benzene rings is 2. The van der Waals surface area contributed by atoms with Gasteiger partial charge in [0.1, 0.15) is 0 Å². The third kappa shape index (κ3) is 4.96. The second kappa shape index (κ2) is 9.63.